The molecule has 0 spiro atoms. The van der Waals surface area contributed by atoms with E-state index in [-0.39, 0.29) is 0 Å². The molecule has 2 heterocycles. The second-order valence-corrected chi connectivity index (χ2v) is 8.43. The van der Waals surface area contributed by atoms with E-state index in [0.717, 1.165) is 34.3 Å². The number of fused-ring (bicyclic) bond motifs is 3. The molecule has 4 nitrogen and oxygen atoms in total. The van der Waals surface area contributed by atoms with E-state index in [1.54, 1.807) is 19.1 Å². The zero-order valence-electron chi connectivity index (χ0n) is 18.0. The molecule has 4 heteroatoms. The van der Waals surface area contributed by atoms with Crippen LogP contribution in [0.25, 0.3) is 10.9 Å². The lowest BCUT2D eigenvalue weighted by atomic mass is 9.93. The Balaban J connectivity index is 1.78. The highest BCUT2D eigenvalue weighted by molar-refractivity contribution is 5.85. The molecule has 3 rings (SSSR count). The zero-order chi connectivity index (χ0) is 21.2. The highest BCUT2D eigenvalue weighted by atomic mass is 16.5. The van der Waals surface area contributed by atoms with E-state index in [2.05, 4.69) is 26.8 Å². The van der Waals surface area contributed by atoms with Gasteiger partial charge in [-0.25, -0.2) is 0 Å². The van der Waals surface area contributed by atoms with Gasteiger partial charge in [0.25, 0.3) is 0 Å². The normalized spacial score (nSPS) is 18.6. The lowest BCUT2D eigenvalue weighted by Crippen LogP contribution is -2.40. The van der Waals surface area contributed by atoms with E-state index in [4.69, 9.17) is 4.74 Å². The summed E-state index contributed by atoms with van der Waals surface area (Å²) in [7, 11) is 0. The minimum Gasteiger partial charge on any atom is -0.618 e. The van der Waals surface area contributed by atoms with E-state index < -0.39 is 11.7 Å². The van der Waals surface area contributed by atoms with Crippen molar-refractivity contribution >= 4 is 10.9 Å². The van der Waals surface area contributed by atoms with Gasteiger partial charge in [0.05, 0.1) is 10.9 Å². The van der Waals surface area contributed by atoms with Gasteiger partial charge >= 0.3 is 0 Å². The Bertz CT molecular complexity index is 995. The van der Waals surface area contributed by atoms with Crippen LogP contribution in [0, 0.1) is 12.1 Å². The summed E-state index contributed by atoms with van der Waals surface area (Å²) >= 11 is 0. The number of allylic oxidation sites excluding steroid dienone is 5. The van der Waals surface area contributed by atoms with E-state index in [1.165, 1.54) is 11.1 Å². The largest absolute Gasteiger partial charge is 0.618 e. The molecule has 1 aliphatic heterocycles. The van der Waals surface area contributed by atoms with Gasteiger partial charge < -0.3 is 15.1 Å². The second kappa shape index (κ2) is 8.42. The van der Waals surface area contributed by atoms with Crippen molar-refractivity contribution in [3.8, 4) is 5.75 Å². The predicted octanol–water partition coefficient (Wildman–Crippen LogP) is 5.09. The van der Waals surface area contributed by atoms with Gasteiger partial charge in [-0.15, -0.1) is 0 Å². The van der Waals surface area contributed by atoms with Crippen LogP contribution in [0.5, 0.6) is 5.75 Å². The summed E-state index contributed by atoms with van der Waals surface area (Å²) in [5, 5.41) is 24.4. The molecule has 0 saturated carbocycles. The highest BCUT2D eigenvalue weighted by Crippen LogP contribution is 2.39. The summed E-state index contributed by atoms with van der Waals surface area (Å²) in [6, 6.07) is 7.44. The summed E-state index contributed by atoms with van der Waals surface area (Å²) in [6.45, 7) is 9.88. The molecule has 154 valence electrons. The molecule has 0 radical (unpaired) electrons. The van der Waals surface area contributed by atoms with Crippen LogP contribution in [-0.4, -0.2) is 16.8 Å². The van der Waals surface area contributed by atoms with Crippen molar-refractivity contribution in [1.82, 2.24) is 0 Å². The van der Waals surface area contributed by atoms with Gasteiger partial charge in [-0.2, -0.15) is 4.73 Å². The number of pyridine rings is 1. The Morgan fingerprint density at radius 1 is 1.31 bits per heavy atom. The summed E-state index contributed by atoms with van der Waals surface area (Å²) in [5.74, 6) is 0.720. The fraction of sp³-hybridized carbons (Fsp3) is 0.400. The minimum absolute atomic E-state index is 0.433. The molecule has 1 aromatic carbocycles. The summed E-state index contributed by atoms with van der Waals surface area (Å²) < 4.78 is 7.15. The van der Waals surface area contributed by atoms with Crippen LogP contribution in [0.4, 0.5) is 0 Å². The van der Waals surface area contributed by atoms with Crippen LogP contribution in [0.1, 0.15) is 51.8 Å². The highest BCUT2D eigenvalue weighted by Gasteiger charge is 2.40. The summed E-state index contributed by atoms with van der Waals surface area (Å²) in [5.41, 5.74) is 3.56. The van der Waals surface area contributed by atoms with Crippen molar-refractivity contribution in [2.45, 2.75) is 65.6 Å². The molecule has 1 N–H and O–H groups in total. The molecule has 0 saturated heterocycles. The fourth-order valence-corrected chi connectivity index (χ4v) is 3.73. The van der Waals surface area contributed by atoms with Gasteiger partial charge in [-0.1, -0.05) is 41.5 Å². The van der Waals surface area contributed by atoms with Crippen molar-refractivity contribution in [2.24, 2.45) is 0 Å². The lowest BCUT2D eigenvalue weighted by molar-refractivity contribution is -0.584. The van der Waals surface area contributed by atoms with Crippen molar-refractivity contribution in [2.75, 3.05) is 0 Å². The minimum atomic E-state index is -1.14. The number of ether oxygens (including phenoxy) is 1. The summed E-state index contributed by atoms with van der Waals surface area (Å²) in [4.78, 5) is 0. The van der Waals surface area contributed by atoms with Gasteiger partial charge in [-0.05, 0) is 52.7 Å². The molecule has 0 amide bonds. The van der Waals surface area contributed by atoms with Crippen LogP contribution in [0.2, 0.25) is 0 Å². The van der Waals surface area contributed by atoms with Crippen molar-refractivity contribution in [1.29, 1.82) is 0 Å². The van der Waals surface area contributed by atoms with Crippen LogP contribution >= 0.6 is 0 Å². The first kappa shape index (κ1) is 21.1. The van der Waals surface area contributed by atoms with Crippen LogP contribution < -0.4 is 9.47 Å². The van der Waals surface area contributed by atoms with Gasteiger partial charge in [0.2, 0.25) is 5.52 Å². The molecule has 2 aromatic rings. The molecule has 1 aromatic heterocycles. The molecule has 0 unspecified atom stereocenters. The molecular formula is C25H31NO3. The number of benzene rings is 1. The van der Waals surface area contributed by atoms with Crippen molar-refractivity contribution in [3.05, 3.63) is 76.2 Å². The first-order chi connectivity index (χ1) is 13.7. The molecule has 0 aliphatic carbocycles. The molecule has 0 fully saturated rings. The van der Waals surface area contributed by atoms with Gasteiger partial charge in [0, 0.05) is 19.4 Å². The standard InChI is InChI=1S/C25H31NO3/c1-17(2)10-8-11-18(3)12-9-15-25(5,27)23-16-21-19(4)26(28)22-14-7-6-13-20(22)24(21)29-23/h6-7,9-10,12-15,23,27H,8,11,16H2,1-5H3/b15-9+,18-12+/t23-,25+/m0/s1. The molecule has 0 bridgehead atoms. The maximum Gasteiger partial charge on any atom is 0.227 e. The van der Waals surface area contributed by atoms with E-state index in [1.807, 2.05) is 37.3 Å². The third-order valence-corrected chi connectivity index (χ3v) is 5.59. The van der Waals surface area contributed by atoms with Crippen molar-refractivity contribution in [3.63, 3.8) is 0 Å². The van der Waals surface area contributed by atoms with Gasteiger partial charge in [0.15, 0.2) is 5.69 Å². The number of para-hydroxylation sites is 1. The third-order valence-electron chi connectivity index (χ3n) is 5.59. The van der Waals surface area contributed by atoms with E-state index in [9.17, 15) is 10.3 Å². The van der Waals surface area contributed by atoms with Crippen LogP contribution in [0.15, 0.2) is 59.7 Å². The molecule has 29 heavy (non-hydrogen) atoms. The number of aliphatic hydroxyl groups is 1. The Morgan fingerprint density at radius 2 is 2.03 bits per heavy atom. The third kappa shape index (κ3) is 4.54. The maximum absolute atomic E-state index is 12.6. The SMILES string of the molecule is CC(C)=CCC/C(C)=C/C=C/[C@@](C)(O)[C@@H]1Cc2c(c3ccccc3[n+]([O-])c2C)O1. The Kier molecular flexibility index (Phi) is 6.13. The first-order valence-corrected chi connectivity index (χ1v) is 10.2. The van der Waals surface area contributed by atoms with Crippen LogP contribution in [-0.2, 0) is 6.42 Å². The average Bonchev–Trinajstić information content (AvgIpc) is 3.12. The quantitative estimate of drug-likeness (QED) is 0.322. The Hall–Kier alpha value is -2.59. The number of nitrogens with zero attached hydrogens (tertiary/aromatic N) is 1. The van der Waals surface area contributed by atoms with E-state index in [0.29, 0.717) is 17.6 Å². The molecule has 2 atom stereocenters. The number of rotatable bonds is 6. The molecule has 1 aliphatic rings. The van der Waals surface area contributed by atoms with Crippen molar-refractivity contribution < 1.29 is 14.6 Å². The van der Waals surface area contributed by atoms with Gasteiger partial charge in [-0.3, -0.25) is 0 Å². The average molecular weight is 394 g/mol. The monoisotopic (exact) mass is 393 g/mol. The van der Waals surface area contributed by atoms with Crippen LogP contribution in [0.3, 0.4) is 0 Å². The zero-order valence-corrected chi connectivity index (χ0v) is 18.0. The fourth-order valence-electron chi connectivity index (χ4n) is 3.73. The Morgan fingerprint density at radius 3 is 2.76 bits per heavy atom. The number of aromatic nitrogens is 1. The summed E-state index contributed by atoms with van der Waals surface area (Å²) in [6.07, 6.45) is 10.1. The molecular weight excluding hydrogens is 362 g/mol. The lowest BCUT2D eigenvalue weighted by Gasteiger charge is -2.26. The van der Waals surface area contributed by atoms with Gasteiger partial charge in [0.1, 0.15) is 17.5 Å². The first-order valence-electron chi connectivity index (χ1n) is 10.2. The predicted molar refractivity (Wildman–Crippen MR) is 118 cm³/mol. The smallest absolute Gasteiger partial charge is 0.227 e. The maximum atomic E-state index is 12.6. The second-order valence-electron chi connectivity index (χ2n) is 8.43. The Labute approximate surface area is 173 Å². The topological polar surface area (TPSA) is 56.4 Å². The number of hydrogen-bond donors (Lipinski definition) is 1. The number of hydrogen-bond acceptors (Lipinski definition) is 3. The van der Waals surface area contributed by atoms with E-state index >= 15 is 0 Å².